The molecule has 0 bridgehead atoms. The number of carbonyl (C=O) groups excluding carboxylic acids is 1. The molecule has 0 aromatic heterocycles. The molecular weight excluding hydrogens is 298 g/mol. The first-order chi connectivity index (χ1) is 8.63. The van der Waals surface area contributed by atoms with Crippen molar-refractivity contribution >= 4 is 27.9 Å². The van der Waals surface area contributed by atoms with Crippen molar-refractivity contribution in [2.75, 3.05) is 20.3 Å². The van der Waals surface area contributed by atoms with Gasteiger partial charge in [-0.2, -0.15) is 0 Å². The lowest BCUT2D eigenvalue weighted by molar-refractivity contribution is -0.117. The number of halogens is 1. The minimum absolute atomic E-state index is 0.174. The maximum atomic E-state index is 11.5. The summed E-state index contributed by atoms with van der Waals surface area (Å²) < 4.78 is 5.68. The predicted molar refractivity (Wildman–Crippen MR) is 74.1 cm³/mol. The molecule has 4 nitrogen and oxygen atoms in total. The third-order valence-electron chi connectivity index (χ3n) is 2.19. The highest BCUT2D eigenvalue weighted by molar-refractivity contribution is 9.10. The number of carbonyl (C=O) groups is 1. The average molecular weight is 314 g/mol. The molecule has 2 N–H and O–H groups in total. The van der Waals surface area contributed by atoms with Crippen LogP contribution in [-0.4, -0.2) is 37.4 Å². The van der Waals surface area contributed by atoms with Gasteiger partial charge in [0.05, 0.1) is 12.7 Å². The topological polar surface area (TPSA) is 58.6 Å². The number of amides is 1. The Hall–Kier alpha value is -1.17. The van der Waals surface area contributed by atoms with E-state index >= 15 is 0 Å². The van der Waals surface area contributed by atoms with Gasteiger partial charge in [0.2, 0.25) is 5.91 Å². The predicted octanol–water partition coefficient (Wildman–Crippen LogP) is 1.59. The van der Waals surface area contributed by atoms with E-state index < -0.39 is 6.10 Å². The van der Waals surface area contributed by atoms with Gasteiger partial charge in [-0.1, -0.05) is 34.1 Å². The van der Waals surface area contributed by atoms with Gasteiger partial charge in [-0.15, -0.1) is 0 Å². The molecule has 1 amide bonds. The summed E-state index contributed by atoms with van der Waals surface area (Å²) in [6.07, 6.45) is 2.46. The van der Waals surface area contributed by atoms with E-state index in [4.69, 9.17) is 4.74 Å². The lowest BCUT2D eigenvalue weighted by Crippen LogP contribution is -2.33. The number of aliphatic hydroxyl groups excluding tert-OH is 1. The lowest BCUT2D eigenvalue weighted by atomic mass is 10.2. The molecule has 0 saturated heterocycles. The first kappa shape index (κ1) is 14.9. The van der Waals surface area contributed by atoms with Gasteiger partial charge in [0, 0.05) is 24.2 Å². The van der Waals surface area contributed by atoms with E-state index in [2.05, 4.69) is 21.2 Å². The van der Waals surface area contributed by atoms with Crippen molar-refractivity contribution in [1.29, 1.82) is 0 Å². The highest BCUT2D eigenvalue weighted by Gasteiger charge is 2.04. The second-order valence-corrected chi connectivity index (χ2v) is 4.56. The van der Waals surface area contributed by atoms with Crippen LogP contribution in [0.25, 0.3) is 6.08 Å². The Morgan fingerprint density at radius 2 is 2.28 bits per heavy atom. The van der Waals surface area contributed by atoms with Crippen molar-refractivity contribution in [2.45, 2.75) is 6.10 Å². The molecule has 0 fully saturated rings. The maximum absolute atomic E-state index is 11.5. The summed E-state index contributed by atoms with van der Waals surface area (Å²) in [4.78, 5) is 11.5. The number of methoxy groups -OCH3 is 1. The Morgan fingerprint density at radius 1 is 1.56 bits per heavy atom. The number of rotatable bonds is 6. The summed E-state index contributed by atoms with van der Waals surface area (Å²) >= 11 is 3.39. The fourth-order valence-corrected chi connectivity index (χ4v) is 1.72. The Balaban J connectivity index is 2.43. The third-order valence-corrected chi connectivity index (χ3v) is 2.91. The summed E-state index contributed by atoms with van der Waals surface area (Å²) in [5, 5.41) is 11.9. The van der Waals surface area contributed by atoms with E-state index in [1.165, 1.54) is 13.2 Å². The molecule has 0 saturated carbocycles. The average Bonchev–Trinajstić information content (AvgIpc) is 2.36. The van der Waals surface area contributed by atoms with Crippen molar-refractivity contribution in [2.24, 2.45) is 0 Å². The molecule has 0 heterocycles. The molecule has 0 aliphatic heterocycles. The molecule has 0 spiro atoms. The second-order valence-electron chi connectivity index (χ2n) is 3.71. The van der Waals surface area contributed by atoms with Crippen LogP contribution in [0.4, 0.5) is 0 Å². The van der Waals surface area contributed by atoms with Crippen molar-refractivity contribution in [3.8, 4) is 0 Å². The minimum atomic E-state index is -0.684. The zero-order chi connectivity index (χ0) is 13.4. The van der Waals surface area contributed by atoms with Gasteiger partial charge >= 0.3 is 0 Å². The molecular formula is C13H16BrNO3. The Labute approximate surface area is 115 Å². The van der Waals surface area contributed by atoms with Crippen molar-refractivity contribution < 1.29 is 14.6 Å². The fourth-order valence-electron chi connectivity index (χ4n) is 1.30. The van der Waals surface area contributed by atoms with Crippen LogP contribution >= 0.6 is 15.9 Å². The molecule has 1 atom stereocenters. The quantitative estimate of drug-likeness (QED) is 0.784. The van der Waals surface area contributed by atoms with E-state index in [1.807, 2.05) is 24.3 Å². The van der Waals surface area contributed by atoms with Crippen molar-refractivity contribution in [1.82, 2.24) is 5.32 Å². The van der Waals surface area contributed by atoms with Crippen molar-refractivity contribution in [3.63, 3.8) is 0 Å². The number of hydrogen-bond donors (Lipinski definition) is 2. The Kier molecular flexibility index (Phi) is 6.64. The SMILES string of the molecule is COCC(O)CNC(=O)C=Cc1ccccc1Br. The fraction of sp³-hybridized carbons (Fsp3) is 0.308. The second kappa shape index (κ2) is 8.02. The number of ether oxygens (including phenoxy) is 1. The van der Waals surface area contributed by atoms with E-state index in [1.54, 1.807) is 6.08 Å². The van der Waals surface area contributed by atoms with Gasteiger partial charge in [-0.05, 0) is 17.7 Å². The van der Waals surface area contributed by atoms with E-state index in [0.717, 1.165) is 10.0 Å². The monoisotopic (exact) mass is 313 g/mol. The molecule has 0 radical (unpaired) electrons. The third kappa shape index (κ3) is 5.44. The van der Waals surface area contributed by atoms with Crippen LogP contribution in [-0.2, 0) is 9.53 Å². The Bertz CT molecular complexity index is 420. The number of hydrogen-bond acceptors (Lipinski definition) is 3. The Morgan fingerprint density at radius 3 is 2.94 bits per heavy atom. The summed E-state index contributed by atoms with van der Waals surface area (Å²) in [6, 6.07) is 7.60. The largest absolute Gasteiger partial charge is 0.389 e. The van der Waals surface area contributed by atoms with E-state index in [0.29, 0.717) is 0 Å². The summed E-state index contributed by atoms with van der Waals surface area (Å²) in [5.74, 6) is -0.249. The van der Waals surface area contributed by atoms with Crippen LogP contribution in [0.1, 0.15) is 5.56 Å². The first-order valence-electron chi connectivity index (χ1n) is 5.51. The minimum Gasteiger partial charge on any atom is -0.389 e. The van der Waals surface area contributed by atoms with Gasteiger partial charge in [0.1, 0.15) is 0 Å². The summed E-state index contributed by atoms with van der Waals surface area (Å²) in [7, 11) is 1.50. The van der Waals surface area contributed by atoms with E-state index in [9.17, 15) is 9.90 Å². The van der Waals surface area contributed by atoms with Crippen molar-refractivity contribution in [3.05, 3.63) is 40.4 Å². The zero-order valence-electron chi connectivity index (χ0n) is 10.1. The van der Waals surface area contributed by atoms with Crippen LogP contribution in [0.2, 0.25) is 0 Å². The molecule has 1 rings (SSSR count). The van der Waals surface area contributed by atoms with Gasteiger partial charge < -0.3 is 15.2 Å². The van der Waals surface area contributed by atoms with Crippen LogP contribution in [0, 0.1) is 0 Å². The lowest BCUT2D eigenvalue weighted by Gasteiger charge is -2.09. The van der Waals surface area contributed by atoms with E-state index in [-0.39, 0.29) is 19.1 Å². The normalized spacial score (nSPS) is 12.6. The molecule has 1 aromatic carbocycles. The van der Waals surface area contributed by atoms with Gasteiger partial charge in [0.25, 0.3) is 0 Å². The molecule has 5 heteroatoms. The smallest absolute Gasteiger partial charge is 0.244 e. The molecule has 98 valence electrons. The molecule has 0 aliphatic carbocycles. The highest BCUT2D eigenvalue weighted by Crippen LogP contribution is 2.16. The van der Waals surface area contributed by atoms with Gasteiger partial charge in [-0.25, -0.2) is 0 Å². The highest BCUT2D eigenvalue weighted by atomic mass is 79.9. The molecule has 1 unspecified atom stereocenters. The zero-order valence-corrected chi connectivity index (χ0v) is 11.7. The first-order valence-corrected chi connectivity index (χ1v) is 6.30. The summed E-state index contributed by atoms with van der Waals surface area (Å²) in [6.45, 7) is 0.376. The number of benzene rings is 1. The van der Waals surface area contributed by atoms with Crippen LogP contribution in [0.3, 0.4) is 0 Å². The maximum Gasteiger partial charge on any atom is 0.244 e. The number of nitrogens with one attached hydrogen (secondary N) is 1. The van der Waals surface area contributed by atoms with Crippen LogP contribution in [0.15, 0.2) is 34.8 Å². The molecule has 1 aromatic rings. The number of aliphatic hydroxyl groups is 1. The van der Waals surface area contributed by atoms with Crippen LogP contribution in [0.5, 0.6) is 0 Å². The van der Waals surface area contributed by atoms with Gasteiger partial charge in [-0.3, -0.25) is 4.79 Å². The summed E-state index contributed by atoms with van der Waals surface area (Å²) in [5.41, 5.74) is 0.921. The van der Waals surface area contributed by atoms with Gasteiger partial charge in [0.15, 0.2) is 0 Å². The van der Waals surface area contributed by atoms with Crippen LogP contribution < -0.4 is 5.32 Å². The molecule has 18 heavy (non-hydrogen) atoms. The standard InChI is InChI=1S/C13H16BrNO3/c1-18-9-11(16)8-15-13(17)7-6-10-4-2-3-5-12(10)14/h2-7,11,16H,8-9H2,1H3,(H,15,17). The molecule has 0 aliphatic rings.